The summed E-state index contributed by atoms with van der Waals surface area (Å²) in [5, 5.41) is 0. The number of aromatic nitrogens is 1. The van der Waals surface area contributed by atoms with Crippen molar-refractivity contribution in [1.29, 1.82) is 0 Å². The molecule has 0 fully saturated rings. The minimum Gasteiger partial charge on any atom is -0.365 e. The van der Waals surface area contributed by atoms with Crippen molar-refractivity contribution >= 4 is 9.84 Å². The Balaban J connectivity index is 2.16. The molecule has 0 amide bonds. The van der Waals surface area contributed by atoms with Gasteiger partial charge in [-0.2, -0.15) is 0 Å². The summed E-state index contributed by atoms with van der Waals surface area (Å²) in [7, 11) is -2.78. The van der Waals surface area contributed by atoms with Crippen molar-refractivity contribution in [2.24, 2.45) is 0 Å². The van der Waals surface area contributed by atoms with Gasteiger partial charge in [-0.3, -0.25) is 0 Å². The van der Waals surface area contributed by atoms with Gasteiger partial charge in [-0.05, 0) is 31.4 Å². The molecule has 74 valence electrons. The van der Waals surface area contributed by atoms with Crippen LogP contribution in [0.2, 0.25) is 0 Å². The first-order chi connectivity index (χ1) is 6.08. The standard InChI is InChI=1S/C9H15NO2S/c1-13(11,12)8-3-2-5-9-6-4-7-10-9/h4,6-7,10H,2-3,5,8H2,1H3. The molecular formula is C9H15NO2S. The molecule has 0 aromatic carbocycles. The molecule has 13 heavy (non-hydrogen) atoms. The van der Waals surface area contributed by atoms with Gasteiger partial charge < -0.3 is 4.98 Å². The van der Waals surface area contributed by atoms with Crippen LogP contribution in [0.3, 0.4) is 0 Å². The van der Waals surface area contributed by atoms with Crippen molar-refractivity contribution < 1.29 is 8.42 Å². The molecule has 0 saturated carbocycles. The van der Waals surface area contributed by atoms with Crippen LogP contribution in [0.15, 0.2) is 18.3 Å². The molecule has 0 atom stereocenters. The van der Waals surface area contributed by atoms with Crippen molar-refractivity contribution in [3.63, 3.8) is 0 Å². The smallest absolute Gasteiger partial charge is 0.147 e. The minimum absolute atomic E-state index is 0.299. The van der Waals surface area contributed by atoms with Crippen LogP contribution in [0.1, 0.15) is 18.5 Å². The average molecular weight is 201 g/mol. The third-order valence-electron chi connectivity index (χ3n) is 1.87. The molecule has 0 bridgehead atoms. The van der Waals surface area contributed by atoms with Gasteiger partial charge in [0.25, 0.3) is 0 Å². The van der Waals surface area contributed by atoms with E-state index in [9.17, 15) is 8.42 Å². The van der Waals surface area contributed by atoms with Gasteiger partial charge in [-0.25, -0.2) is 8.42 Å². The summed E-state index contributed by atoms with van der Waals surface area (Å²) in [4.78, 5) is 3.09. The SMILES string of the molecule is CS(=O)(=O)CCCCc1ccc[nH]1. The van der Waals surface area contributed by atoms with Crippen LogP contribution < -0.4 is 0 Å². The number of H-pyrrole nitrogens is 1. The molecule has 1 rings (SSSR count). The van der Waals surface area contributed by atoms with Crippen molar-refractivity contribution in [2.45, 2.75) is 19.3 Å². The number of unbranched alkanes of at least 4 members (excludes halogenated alkanes) is 1. The van der Waals surface area contributed by atoms with E-state index in [1.165, 1.54) is 11.9 Å². The topological polar surface area (TPSA) is 49.9 Å². The van der Waals surface area contributed by atoms with Crippen molar-refractivity contribution in [1.82, 2.24) is 4.98 Å². The summed E-state index contributed by atoms with van der Waals surface area (Å²) < 4.78 is 21.6. The van der Waals surface area contributed by atoms with E-state index in [-0.39, 0.29) is 0 Å². The Morgan fingerprint density at radius 3 is 2.69 bits per heavy atom. The maximum atomic E-state index is 10.8. The highest BCUT2D eigenvalue weighted by atomic mass is 32.2. The molecule has 1 aromatic heterocycles. The Morgan fingerprint density at radius 1 is 1.38 bits per heavy atom. The first-order valence-electron chi connectivity index (χ1n) is 4.38. The van der Waals surface area contributed by atoms with E-state index in [0.717, 1.165) is 19.3 Å². The Labute approximate surface area is 79.1 Å². The maximum Gasteiger partial charge on any atom is 0.147 e. The van der Waals surface area contributed by atoms with Crippen LogP contribution in [0.4, 0.5) is 0 Å². The second kappa shape index (κ2) is 4.46. The lowest BCUT2D eigenvalue weighted by molar-refractivity contribution is 0.597. The predicted molar refractivity (Wildman–Crippen MR) is 53.4 cm³/mol. The third-order valence-corrected chi connectivity index (χ3v) is 2.90. The van der Waals surface area contributed by atoms with E-state index in [2.05, 4.69) is 4.98 Å². The van der Waals surface area contributed by atoms with Gasteiger partial charge in [0.05, 0.1) is 0 Å². The van der Waals surface area contributed by atoms with E-state index >= 15 is 0 Å². The van der Waals surface area contributed by atoms with Gasteiger partial charge in [0.15, 0.2) is 0 Å². The molecule has 4 heteroatoms. The molecule has 1 aromatic rings. The zero-order valence-electron chi connectivity index (χ0n) is 7.79. The Kier molecular flexibility index (Phi) is 3.54. The molecular weight excluding hydrogens is 186 g/mol. The van der Waals surface area contributed by atoms with Crippen LogP contribution in [-0.2, 0) is 16.3 Å². The first kappa shape index (κ1) is 10.3. The van der Waals surface area contributed by atoms with Crippen LogP contribution in [0, 0.1) is 0 Å². The zero-order valence-corrected chi connectivity index (χ0v) is 8.60. The quantitative estimate of drug-likeness (QED) is 0.732. The Hall–Kier alpha value is -0.770. The molecule has 0 radical (unpaired) electrons. The largest absolute Gasteiger partial charge is 0.365 e. The molecule has 1 heterocycles. The highest BCUT2D eigenvalue weighted by Gasteiger charge is 2.01. The van der Waals surface area contributed by atoms with Gasteiger partial charge in [-0.1, -0.05) is 0 Å². The van der Waals surface area contributed by atoms with Crippen molar-refractivity contribution in [3.05, 3.63) is 24.0 Å². The van der Waals surface area contributed by atoms with E-state index in [1.54, 1.807) is 0 Å². The molecule has 1 N–H and O–H groups in total. The lowest BCUT2D eigenvalue weighted by Crippen LogP contribution is -2.03. The first-order valence-corrected chi connectivity index (χ1v) is 6.44. The monoisotopic (exact) mass is 201 g/mol. The van der Waals surface area contributed by atoms with Gasteiger partial charge in [0.2, 0.25) is 0 Å². The van der Waals surface area contributed by atoms with Crippen molar-refractivity contribution in [2.75, 3.05) is 12.0 Å². The fourth-order valence-corrected chi connectivity index (χ4v) is 1.93. The molecule has 0 unspecified atom stereocenters. The Bertz CT molecular complexity index is 327. The predicted octanol–water partition coefficient (Wildman–Crippen LogP) is 1.38. The summed E-state index contributed by atoms with van der Waals surface area (Å²) in [6, 6.07) is 3.96. The van der Waals surface area contributed by atoms with E-state index < -0.39 is 9.84 Å². The number of hydrogen-bond donors (Lipinski definition) is 1. The summed E-state index contributed by atoms with van der Waals surface area (Å²) in [6.45, 7) is 0. The number of aryl methyl sites for hydroxylation is 1. The normalized spacial score (nSPS) is 11.8. The third kappa shape index (κ3) is 4.72. The average Bonchev–Trinajstić information content (AvgIpc) is 2.48. The molecule has 3 nitrogen and oxygen atoms in total. The summed E-state index contributed by atoms with van der Waals surface area (Å²) in [5.74, 6) is 0.299. The van der Waals surface area contributed by atoms with E-state index in [4.69, 9.17) is 0 Å². The highest BCUT2D eigenvalue weighted by molar-refractivity contribution is 7.90. The lowest BCUT2D eigenvalue weighted by atomic mass is 10.2. The van der Waals surface area contributed by atoms with Gasteiger partial charge in [-0.15, -0.1) is 0 Å². The van der Waals surface area contributed by atoms with Gasteiger partial charge >= 0.3 is 0 Å². The zero-order chi connectivity index (χ0) is 9.73. The van der Waals surface area contributed by atoms with Gasteiger partial charge in [0.1, 0.15) is 9.84 Å². The second-order valence-corrected chi connectivity index (χ2v) is 5.54. The summed E-state index contributed by atoms with van der Waals surface area (Å²) >= 11 is 0. The highest BCUT2D eigenvalue weighted by Crippen LogP contribution is 2.02. The fourth-order valence-electron chi connectivity index (χ4n) is 1.20. The molecule has 0 aliphatic heterocycles. The maximum absolute atomic E-state index is 10.8. The molecule has 0 saturated heterocycles. The molecule has 0 aliphatic rings. The van der Waals surface area contributed by atoms with Crippen LogP contribution in [0.25, 0.3) is 0 Å². The van der Waals surface area contributed by atoms with Gasteiger partial charge in [0, 0.05) is 23.9 Å². The number of aromatic amines is 1. The summed E-state index contributed by atoms with van der Waals surface area (Å²) in [6.07, 6.45) is 5.77. The minimum atomic E-state index is -2.78. The Morgan fingerprint density at radius 2 is 2.15 bits per heavy atom. The lowest BCUT2D eigenvalue weighted by Gasteiger charge is -1.98. The number of nitrogens with one attached hydrogen (secondary N) is 1. The van der Waals surface area contributed by atoms with Crippen LogP contribution in [-0.4, -0.2) is 25.4 Å². The number of hydrogen-bond acceptors (Lipinski definition) is 2. The van der Waals surface area contributed by atoms with E-state index in [1.807, 2.05) is 18.3 Å². The number of rotatable bonds is 5. The molecule has 0 aliphatic carbocycles. The second-order valence-electron chi connectivity index (χ2n) is 3.28. The van der Waals surface area contributed by atoms with E-state index in [0.29, 0.717) is 5.75 Å². The van der Waals surface area contributed by atoms with Crippen LogP contribution >= 0.6 is 0 Å². The van der Waals surface area contributed by atoms with Crippen LogP contribution in [0.5, 0.6) is 0 Å². The number of sulfone groups is 1. The summed E-state index contributed by atoms with van der Waals surface area (Å²) in [5.41, 5.74) is 1.17. The van der Waals surface area contributed by atoms with Crippen molar-refractivity contribution in [3.8, 4) is 0 Å². The molecule has 0 spiro atoms. The fraction of sp³-hybridized carbons (Fsp3) is 0.556.